The van der Waals surface area contributed by atoms with Crippen LogP contribution in [0.5, 0.6) is 0 Å². The number of fused-ring (bicyclic) bond motifs is 2. The van der Waals surface area contributed by atoms with Crippen LogP contribution >= 0.6 is 0 Å². The van der Waals surface area contributed by atoms with Crippen LogP contribution in [0.1, 0.15) is 42.0 Å². The van der Waals surface area contributed by atoms with Crippen molar-refractivity contribution in [3.05, 3.63) is 71.0 Å². The SMILES string of the molecule is O=C(NC1CCN2CCC[C@@H]12)N1CCc2ccccc2[C@@H]1c1ccc(F)cc1. The molecule has 0 aliphatic carbocycles. The average Bonchev–Trinajstić information content (AvgIpc) is 3.33. The van der Waals surface area contributed by atoms with Crippen molar-refractivity contribution in [1.29, 1.82) is 0 Å². The molecular formula is C23H26FN3O. The molecule has 2 aromatic rings. The van der Waals surface area contributed by atoms with Gasteiger partial charge < -0.3 is 10.2 Å². The molecule has 4 nitrogen and oxygen atoms in total. The van der Waals surface area contributed by atoms with Gasteiger partial charge in [-0.15, -0.1) is 0 Å². The summed E-state index contributed by atoms with van der Waals surface area (Å²) in [6, 6.07) is 15.4. The van der Waals surface area contributed by atoms with Crippen molar-refractivity contribution in [3.8, 4) is 0 Å². The van der Waals surface area contributed by atoms with Crippen molar-refractivity contribution < 1.29 is 9.18 Å². The number of urea groups is 1. The summed E-state index contributed by atoms with van der Waals surface area (Å²) in [7, 11) is 0. The quantitative estimate of drug-likeness (QED) is 0.863. The van der Waals surface area contributed by atoms with Gasteiger partial charge in [-0.2, -0.15) is 0 Å². The third-order valence-corrected chi connectivity index (χ3v) is 6.64. The Bertz CT molecular complexity index is 868. The molecule has 3 atom stereocenters. The van der Waals surface area contributed by atoms with E-state index in [1.807, 2.05) is 17.0 Å². The molecule has 3 aliphatic rings. The lowest BCUT2D eigenvalue weighted by Gasteiger charge is -2.38. The Hall–Kier alpha value is -2.40. The molecule has 1 N–H and O–H groups in total. The highest BCUT2D eigenvalue weighted by Crippen LogP contribution is 2.36. The van der Waals surface area contributed by atoms with Crippen LogP contribution in [0.3, 0.4) is 0 Å². The molecule has 0 spiro atoms. The van der Waals surface area contributed by atoms with E-state index in [0.29, 0.717) is 12.6 Å². The number of rotatable bonds is 2. The van der Waals surface area contributed by atoms with Gasteiger partial charge in [0.1, 0.15) is 5.82 Å². The maximum atomic E-state index is 13.5. The van der Waals surface area contributed by atoms with Gasteiger partial charge in [0.25, 0.3) is 0 Å². The van der Waals surface area contributed by atoms with Crippen molar-refractivity contribution >= 4 is 6.03 Å². The van der Waals surface area contributed by atoms with Crippen LogP contribution in [-0.4, -0.2) is 47.5 Å². The fraction of sp³-hybridized carbons (Fsp3) is 0.435. The average molecular weight is 379 g/mol. The van der Waals surface area contributed by atoms with E-state index in [-0.39, 0.29) is 23.9 Å². The topological polar surface area (TPSA) is 35.6 Å². The molecule has 2 aromatic carbocycles. The van der Waals surface area contributed by atoms with E-state index in [2.05, 4.69) is 22.3 Å². The van der Waals surface area contributed by atoms with Crippen LogP contribution in [0.25, 0.3) is 0 Å². The number of hydrogen-bond donors (Lipinski definition) is 1. The first kappa shape index (κ1) is 17.7. The van der Waals surface area contributed by atoms with Gasteiger partial charge in [0.15, 0.2) is 0 Å². The lowest BCUT2D eigenvalue weighted by Crippen LogP contribution is -2.51. The van der Waals surface area contributed by atoms with Gasteiger partial charge in [0.05, 0.1) is 6.04 Å². The second-order valence-corrected chi connectivity index (χ2v) is 8.19. The largest absolute Gasteiger partial charge is 0.334 e. The highest BCUT2D eigenvalue weighted by atomic mass is 19.1. The number of nitrogens with zero attached hydrogens (tertiary/aromatic N) is 2. The summed E-state index contributed by atoms with van der Waals surface area (Å²) in [6.45, 7) is 2.91. The van der Waals surface area contributed by atoms with Crippen LogP contribution in [0.2, 0.25) is 0 Å². The number of nitrogens with one attached hydrogen (secondary N) is 1. The smallest absolute Gasteiger partial charge is 0.318 e. The Morgan fingerprint density at radius 3 is 2.68 bits per heavy atom. The Balaban J connectivity index is 1.43. The molecule has 3 aliphatic heterocycles. The molecule has 146 valence electrons. The molecule has 0 aromatic heterocycles. The van der Waals surface area contributed by atoms with Crippen LogP contribution in [-0.2, 0) is 6.42 Å². The third kappa shape index (κ3) is 3.08. The molecule has 1 unspecified atom stereocenters. The Kier molecular flexibility index (Phi) is 4.55. The van der Waals surface area contributed by atoms with Gasteiger partial charge in [0, 0.05) is 25.2 Å². The molecule has 2 amide bonds. The summed E-state index contributed by atoms with van der Waals surface area (Å²) < 4.78 is 13.5. The van der Waals surface area contributed by atoms with Gasteiger partial charge in [-0.1, -0.05) is 36.4 Å². The summed E-state index contributed by atoms with van der Waals surface area (Å²) in [5, 5.41) is 3.33. The molecule has 0 radical (unpaired) electrons. The summed E-state index contributed by atoms with van der Waals surface area (Å²) >= 11 is 0. The number of carbonyl (C=O) groups is 1. The van der Waals surface area contributed by atoms with E-state index in [0.717, 1.165) is 37.1 Å². The van der Waals surface area contributed by atoms with Gasteiger partial charge in [-0.05, 0) is 61.1 Å². The lowest BCUT2D eigenvalue weighted by molar-refractivity contribution is 0.173. The van der Waals surface area contributed by atoms with Crippen molar-refractivity contribution in [2.24, 2.45) is 0 Å². The maximum absolute atomic E-state index is 13.5. The van der Waals surface area contributed by atoms with E-state index in [4.69, 9.17) is 0 Å². The number of benzene rings is 2. The molecule has 5 rings (SSSR count). The van der Waals surface area contributed by atoms with Crippen LogP contribution in [0, 0.1) is 5.82 Å². The van der Waals surface area contributed by atoms with E-state index < -0.39 is 0 Å². The van der Waals surface area contributed by atoms with E-state index >= 15 is 0 Å². The predicted molar refractivity (Wildman–Crippen MR) is 107 cm³/mol. The first-order chi connectivity index (χ1) is 13.7. The minimum Gasteiger partial charge on any atom is -0.334 e. The first-order valence-corrected chi connectivity index (χ1v) is 10.3. The van der Waals surface area contributed by atoms with Gasteiger partial charge in [-0.3, -0.25) is 4.90 Å². The van der Waals surface area contributed by atoms with Crippen molar-refractivity contribution in [3.63, 3.8) is 0 Å². The van der Waals surface area contributed by atoms with Crippen molar-refractivity contribution in [2.45, 2.75) is 43.8 Å². The Labute approximate surface area is 165 Å². The standard InChI is InChI=1S/C23H26FN3O/c24-18-9-7-17(8-10-18)22-19-5-2-1-4-16(19)11-15-27(22)23(28)25-20-12-14-26-13-3-6-21(20)26/h1-2,4-5,7-10,20-22H,3,6,11-15H2,(H,25,28)/t20?,21-,22-/m0/s1. The van der Waals surface area contributed by atoms with Gasteiger partial charge in [0.2, 0.25) is 0 Å². The van der Waals surface area contributed by atoms with Crippen LogP contribution in [0.15, 0.2) is 48.5 Å². The zero-order valence-electron chi connectivity index (χ0n) is 16.0. The molecular weight excluding hydrogens is 353 g/mol. The van der Waals surface area contributed by atoms with Crippen LogP contribution in [0.4, 0.5) is 9.18 Å². The van der Waals surface area contributed by atoms with E-state index in [1.165, 1.54) is 30.5 Å². The zero-order valence-corrected chi connectivity index (χ0v) is 16.0. The Morgan fingerprint density at radius 1 is 1.00 bits per heavy atom. The summed E-state index contributed by atoms with van der Waals surface area (Å²) in [5.74, 6) is -0.254. The van der Waals surface area contributed by atoms with Crippen LogP contribution < -0.4 is 5.32 Å². The molecule has 2 saturated heterocycles. The summed E-state index contributed by atoms with van der Waals surface area (Å²) in [4.78, 5) is 17.8. The monoisotopic (exact) mass is 379 g/mol. The van der Waals surface area contributed by atoms with Crippen molar-refractivity contribution in [1.82, 2.24) is 15.1 Å². The predicted octanol–water partition coefficient (Wildman–Crippen LogP) is 3.72. The number of halogens is 1. The normalized spacial score (nSPS) is 26.8. The highest BCUT2D eigenvalue weighted by Gasteiger charge is 2.40. The van der Waals surface area contributed by atoms with Crippen molar-refractivity contribution in [2.75, 3.05) is 19.6 Å². The maximum Gasteiger partial charge on any atom is 0.318 e. The summed E-state index contributed by atoms with van der Waals surface area (Å²) in [6.07, 6.45) is 4.28. The van der Waals surface area contributed by atoms with E-state index in [9.17, 15) is 9.18 Å². The fourth-order valence-electron chi connectivity index (χ4n) is 5.28. The molecule has 28 heavy (non-hydrogen) atoms. The number of amides is 2. The Morgan fingerprint density at radius 2 is 1.82 bits per heavy atom. The second-order valence-electron chi connectivity index (χ2n) is 8.19. The minimum atomic E-state index is -0.254. The van der Waals surface area contributed by atoms with Gasteiger partial charge in [-0.25, -0.2) is 9.18 Å². The fourth-order valence-corrected chi connectivity index (χ4v) is 5.28. The molecule has 2 fully saturated rings. The molecule has 0 bridgehead atoms. The van der Waals surface area contributed by atoms with Gasteiger partial charge >= 0.3 is 6.03 Å². The minimum absolute atomic E-state index is 0.00239. The molecule has 3 heterocycles. The lowest BCUT2D eigenvalue weighted by atomic mass is 9.88. The number of carbonyl (C=O) groups excluding carboxylic acids is 1. The number of hydrogen-bond acceptors (Lipinski definition) is 2. The zero-order chi connectivity index (χ0) is 19.1. The van der Waals surface area contributed by atoms with E-state index in [1.54, 1.807) is 12.1 Å². The summed E-state index contributed by atoms with van der Waals surface area (Å²) in [5.41, 5.74) is 3.37. The third-order valence-electron chi connectivity index (χ3n) is 6.64. The first-order valence-electron chi connectivity index (χ1n) is 10.3. The molecule has 0 saturated carbocycles. The molecule has 5 heteroatoms. The second kappa shape index (κ2) is 7.21. The highest BCUT2D eigenvalue weighted by molar-refractivity contribution is 5.76.